The monoisotopic (exact) mass is 410 g/mol. The van der Waals surface area contributed by atoms with Crippen molar-refractivity contribution in [1.29, 1.82) is 0 Å². The van der Waals surface area contributed by atoms with Gasteiger partial charge in [0, 0.05) is 29.2 Å². The topological polar surface area (TPSA) is 102 Å². The molecular weight excluding hydrogens is 384 g/mol. The number of aliphatic hydroxyl groups excluding tert-OH is 1. The number of methoxy groups -OCH3 is 1. The number of aldehydes is 1. The third-order valence-corrected chi connectivity index (χ3v) is 5.27. The van der Waals surface area contributed by atoms with E-state index in [1.54, 1.807) is 28.8 Å². The predicted octanol–water partition coefficient (Wildman–Crippen LogP) is 3.10. The smallest absolute Gasteiger partial charge is 0.257 e. The second-order valence-corrected chi connectivity index (χ2v) is 6.84. The van der Waals surface area contributed by atoms with Gasteiger partial charge in [-0.1, -0.05) is 20.8 Å². The van der Waals surface area contributed by atoms with Gasteiger partial charge in [0.25, 0.3) is 5.56 Å². The average Bonchev–Trinajstić information content (AvgIpc) is 3.13. The molecule has 158 valence electrons. The van der Waals surface area contributed by atoms with E-state index in [4.69, 9.17) is 9.72 Å². The van der Waals surface area contributed by atoms with Gasteiger partial charge in [-0.05, 0) is 36.2 Å². The Morgan fingerprint density at radius 3 is 2.63 bits per heavy atom. The van der Waals surface area contributed by atoms with Crippen LogP contribution >= 0.6 is 0 Å². The maximum atomic E-state index is 13.1. The van der Waals surface area contributed by atoms with Crippen molar-refractivity contribution in [2.75, 3.05) is 7.11 Å². The fourth-order valence-corrected chi connectivity index (χ4v) is 3.99. The normalized spacial score (nSPS) is 12.7. The predicted molar refractivity (Wildman–Crippen MR) is 115 cm³/mol. The molecule has 1 atom stereocenters. The van der Waals surface area contributed by atoms with Crippen LogP contribution in [0.4, 0.5) is 0 Å². The number of hydrogen-bond donors (Lipinski definition) is 2. The second-order valence-electron chi connectivity index (χ2n) is 6.84. The highest BCUT2D eigenvalue weighted by atomic mass is 16.5. The summed E-state index contributed by atoms with van der Waals surface area (Å²) < 4.78 is 6.72. The van der Waals surface area contributed by atoms with Crippen molar-refractivity contribution in [3.63, 3.8) is 0 Å². The van der Waals surface area contributed by atoms with Crippen LogP contribution in [-0.4, -0.2) is 33.2 Å². The maximum Gasteiger partial charge on any atom is 0.257 e. The lowest BCUT2D eigenvalue weighted by Crippen LogP contribution is -2.26. The number of carbonyl (C=O) groups is 1. The van der Waals surface area contributed by atoms with Gasteiger partial charge in [-0.3, -0.25) is 4.79 Å². The third kappa shape index (κ3) is 3.40. The van der Waals surface area contributed by atoms with Crippen molar-refractivity contribution in [1.82, 2.24) is 9.55 Å². The summed E-state index contributed by atoms with van der Waals surface area (Å²) >= 11 is 0. The molecule has 0 amide bonds. The van der Waals surface area contributed by atoms with E-state index in [0.29, 0.717) is 36.2 Å². The molecule has 0 fully saturated rings. The minimum Gasteiger partial charge on any atom is -0.508 e. The van der Waals surface area contributed by atoms with E-state index in [1.807, 2.05) is 20.8 Å². The zero-order chi connectivity index (χ0) is 22.0. The van der Waals surface area contributed by atoms with Crippen molar-refractivity contribution in [3.05, 3.63) is 56.9 Å². The summed E-state index contributed by atoms with van der Waals surface area (Å²) in [6.07, 6.45) is -0.298. The molecule has 2 N–H and O–H groups in total. The molecule has 1 aromatic carbocycles. The number of rotatable bonds is 5. The van der Waals surface area contributed by atoms with E-state index >= 15 is 0 Å². The standard InChI is InChI=1S/C21H20N2O5.C2H6/c1-3-12-13-6-11(25)4-5-17(13)22-20-15(12)8-23-18(20)7-14(19(26)9-24)16(10-28-2)21(23)27;1-2/h4-7,9,19,25-26H,3,8,10H2,1-2H3;1-2H3. The number of pyridine rings is 2. The molecule has 3 heterocycles. The number of benzene rings is 1. The molecule has 0 aliphatic carbocycles. The van der Waals surface area contributed by atoms with Gasteiger partial charge in [0.1, 0.15) is 11.9 Å². The zero-order valence-corrected chi connectivity index (χ0v) is 17.6. The molecular formula is C23H26N2O5. The molecule has 30 heavy (non-hydrogen) atoms. The zero-order valence-electron chi connectivity index (χ0n) is 17.6. The molecule has 2 aromatic heterocycles. The van der Waals surface area contributed by atoms with E-state index < -0.39 is 6.10 Å². The number of nitrogens with zero attached hydrogens (tertiary/aromatic N) is 2. The number of carbonyl (C=O) groups excluding carboxylic acids is 1. The van der Waals surface area contributed by atoms with Crippen LogP contribution in [0.3, 0.4) is 0 Å². The molecule has 0 saturated carbocycles. The number of fused-ring (bicyclic) bond motifs is 4. The number of aliphatic hydroxyl groups is 1. The summed E-state index contributed by atoms with van der Waals surface area (Å²) in [6.45, 7) is 6.36. The Hall–Kier alpha value is -3.03. The fraction of sp³-hybridized carbons (Fsp3) is 0.348. The highest BCUT2D eigenvalue weighted by Crippen LogP contribution is 2.37. The third-order valence-electron chi connectivity index (χ3n) is 5.27. The van der Waals surface area contributed by atoms with E-state index in [0.717, 1.165) is 16.5 Å². The summed E-state index contributed by atoms with van der Waals surface area (Å²) in [5.74, 6) is 0.162. The second kappa shape index (κ2) is 8.77. The summed E-state index contributed by atoms with van der Waals surface area (Å²) in [5.41, 5.74) is 4.08. The van der Waals surface area contributed by atoms with Gasteiger partial charge in [0.15, 0.2) is 6.29 Å². The van der Waals surface area contributed by atoms with Crippen LogP contribution < -0.4 is 5.56 Å². The summed E-state index contributed by atoms with van der Waals surface area (Å²) in [5, 5.41) is 20.9. The molecule has 4 rings (SSSR count). The first-order valence-electron chi connectivity index (χ1n) is 10.0. The van der Waals surface area contributed by atoms with Crippen LogP contribution in [0.1, 0.15) is 49.1 Å². The Balaban J connectivity index is 0.00000124. The van der Waals surface area contributed by atoms with E-state index in [2.05, 4.69) is 0 Å². The first-order valence-corrected chi connectivity index (χ1v) is 10.0. The Morgan fingerprint density at radius 2 is 2.00 bits per heavy atom. The average molecular weight is 410 g/mol. The van der Waals surface area contributed by atoms with Crippen molar-refractivity contribution < 1.29 is 19.7 Å². The van der Waals surface area contributed by atoms with E-state index in [-0.39, 0.29) is 29.0 Å². The highest BCUT2D eigenvalue weighted by Gasteiger charge is 2.29. The number of phenolic OH excluding ortho intramolecular Hbond substituents is 1. The quantitative estimate of drug-likeness (QED) is 0.490. The summed E-state index contributed by atoms with van der Waals surface area (Å²) in [6, 6.07) is 6.66. The van der Waals surface area contributed by atoms with Crippen molar-refractivity contribution in [3.8, 4) is 17.1 Å². The molecule has 7 heteroatoms. The number of hydrogen-bond acceptors (Lipinski definition) is 6. The number of aryl methyl sites for hydroxylation is 1. The van der Waals surface area contributed by atoms with Crippen LogP contribution in [0.5, 0.6) is 5.75 Å². The van der Waals surface area contributed by atoms with Gasteiger partial charge >= 0.3 is 0 Å². The molecule has 1 aliphatic rings. The first kappa shape index (κ1) is 21.7. The Morgan fingerprint density at radius 1 is 1.27 bits per heavy atom. The number of aromatic hydroxyl groups is 1. The molecule has 1 aliphatic heterocycles. The lowest BCUT2D eigenvalue weighted by Gasteiger charge is -2.14. The SMILES string of the molecule is CC.CCc1c2c(nc3ccc(O)cc13)-c1cc(C(O)C=O)c(COC)c(=O)n1C2. The first-order chi connectivity index (χ1) is 14.5. The lowest BCUT2D eigenvalue weighted by atomic mass is 9.98. The maximum absolute atomic E-state index is 13.1. The molecule has 0 bridgehead atoms. The van der Waals surface area contributed by atoms with Crippen LogP contribution in [0.15, 0.2) is 29.1 Å². The van der Waals surface area contributed by atoms with Gasteiger partial charge < -0.3 is 24.3 Å². The van der Waals surface area contributed by atoms with Crippen LogP contribution in [0, 0.1) is 0 Å². The lowest BCUT2D eigenvalue weighted by molar-refractivity contribution is -0.115. The van der Waals surface area contributed by atoms with Crippen LogP contribution in [0.2, 0.25) is 0 Å². The molecule has 0 saturated heterocycles. The van der Waals surface area contributed by atoms with Gasteiger partial charge in [-0.2, -0.15) is 0 Å². The summed E-state index contributed by atoms with van der Waals surface area (Å²) in [4.78, 5) is 29.0. The largest absolute Gasteiger partial charge is 0.508 e. The van der Waals surface area contributed by atoms with Gasteiger partial charge in [-0.15, -0.1) is 0 Å². The van der Waals surface area contributed by atoms with Crippen LogP contribution in [0.25, 0.3) is 22.3 Å². The Labute approximate surface area is 174 Å². The minimum absolute atomic E-state index is 0.000394. The number of aromatic nitrogens is 2. The number of phenols is 1. The minimum atomic E-state index is -1.41. The highest BCUT2D eigenvalue weighted by molar-refractivity contribution is 5.89. The van der Waals surface area contributed by atoms with Gasteiger partial charge in [-0.25, -0.2) is 4.98 Å². The van der Waals surface area contributed by atoms with Crippen molar-refractivity contribution in [2.45, 2.75) is 46.4 Å². The molecule has 1 unspecified atom stereocenters. The van der Waals surface area contributed by atoms with Crippen molar-refractivity contribution >= 4 is 17.2 Å². The van der Waals surface area contributed by atoms with Gasteiger partial charge in [0.2, 0.25) is 0 Å². The molecule has 0 spiro atoms. The molecule has 7 nitrogen and oxygen atoms in total. The van der Waals surface area contributed by atoms with E-state index in [9.17, 15) is 19.8 Å². The van der Waals surface area contributed by atoms with Crippen LogP contribution in [-0.2, 0) is 29.1 Å². The van der Waals surface area contributed by atoms with Gasteiger partial charge in [0.05, 0.1) is 30.1 Å². The summed E-state index contributed by atoms with van der Waals surface area (Å²) in [7, 11) is 1.46. The Kier molecular flexibility index (Phi) is 6.34. The fourth-order valence-electron chi connectivity index (χ4n) is 3.99. The van der Waals surface area contributed by atoms with E-state index in [1.165, 1.54) is 7.11 Å². The Bertz CT molecular complexity index is 1170. The molecule has 3 aromatic rings. The molecule has 0 radical (unpaired) electrons. The van der Waals surface area contributed by atoms with Crippen molar-refractivity contribution in [2.24, 2.45) is 0 Å². The number of ether oxygens (including phenoxy) is 1.